The van der Waals surface area contributed by atoms with Crippen LogP contribution in [0.1, 0.15) is 13.3 Å². The topological polar surface area (TPSA) is 33.6 Å². The third kappa shape index (κ3) is 1.42. The highest BCUT2D eigenvalue weighted by atomic mass is 35.5. The number of methoxy groups -OCH3 is 1. The molecule has 3 unspecified atom stereocenters. The fourth-order valence-electron chi connectivity index (χ4n) is 1.93. The van der Waals surface area contributed by atoms with E-state index in [4.69, 9.17) is 16.3 Å². The highest BCUT2D eigenvalue weighted by Gasteiger charge is 2.41. The second-order valence-corrected chi connectivity index (χ2v) is 3.95. The first kappa shape index (κ1) is 9.93. The van der Waals surface area contributed by atoms with E-state index in [2.05, 4.69) is 10.3 Å². The van der Waals surface area contributed by atoms with Crippen molar-refractivity contribution in [1.29, 1.82) is 0 Å². The van der Waals surface area contributed by atoms with E-state index in [1.807, 2.05) is 6.92 Å². The first-order valence-electron chi connectivity index (χ1n) is 4.55. The van der Waals surface area contributed by atoms with E-state index in [0.717, 1.165) is 0 Å². The number of hydrogen-bond acceptors (Lipinski definition) is 3. The van der Waals surface area contributed by atoms with Gasteiger partial charge in [0, 0.05) is 12.3 Å². The molecule has 0 aromatic rings. The fourth-order valence-corrected chi connectivity index (χ4v) is 2.28. The number of hydrogen-bond donors (Lipinski definition) is 1. The zero-order valence-corrected chi connectivity index (χ0v) is 8.81. The van der Waals surface area contributed by atoms with Gasteiger partial charge < -0.3 is 4.74 Å². The molecule has 1 aliphatic carbocycles. The van der Waals surface area contributed by atoms with E-state index >= 15 is 0 Å². The predicted octanol–water partition coefficient (Wildman–Crippen LogP) is 1.79. The van der Waals surface area contributed by atoms with Crippen LogP contribution in [0.5, 0.6) is 0 Å². The molecule has 0 aromatic carbocycles. The van der Waals surface area contributed by atoms with E-state index < -0.39 is 0 Å². The van der Waals surface area contributed by atoms with Crippen LogP contribution < -0.4 is 5.32 Å². The lowest BCUT2D eigenvalue weighted by molar-refractivity contribution is 0.269. The number of aliphatic imine (C=N–C) groups is 1. The van der Waals surface area contributed by atoms with Crippen molar-refractivity contribution in [2.24, 2.45) is 10.9 Å². The largest absolute Gasteiger partial charge is 0.498 e. The number of nitrogens with zero attached hydrogens (tertiary/aromatic N) is 1. The molecule has 0 spiro atoms. The Bertz CT molecular complexity index is 316. The second-order valence-electron chi connectivity index (χ2n) is 3.56. The highest BCUT2D eigenvalue weighted by Crippen LogP contribution is 2.37. The number of halogens is 2. The SMILES string of the molecule is COC1=C(F)C2NC(C)N=C(Cl)C2C1. The summed E-state index contributed by atoms with van der Waals surface area (Å²) in [6, 6.07) is -0.357. The lowest BCUT2D eigenvalue weighted by atomic mass is 10.0. The molecule has 78 valence electrons. The van der Waals surface area contributed by atoms with E-state index in [-0.39, 0.29) is 24.0 Å². The Balaban J connectivity index is 2.27. The summed E-state index contributed by atoms with van der Waals surface area (Å²) in [6.45, 7) is 1.84. The van der Waals surface area contributed by atoms with Crippen molar-refractivity contribution in [2.75, 3.05) is 7.11 Å². The molecule has 0 saturated heterocycles. The van der Waals surface area contributed by atoms with E-state index in [0.29, 0.717) is 17.4 Å². The van der Waals surface area contributed by atoms with Gasteiger partial charge in [-0.3, -0.25) is 10.3 Å². The maximum absolute atomic E-state index is 13.6. The Morgan fingerprint density at radius 3 is 3.00 bits per heavy atom. The summed E-state index contributed by atoms with van der Waals surface area (Å²) in [5, 5.41) is 3.53. The van der Waals surface area contributed by atoms with Gasteiger partial charge in [0.1, 0.15) is 10.9 Å². The summed E-state index contributed by atoms with van der Waals surface area (Å²) in [7, 11) is 1.47. The normalized spacial score (nSPS) is 36.9. The third-order valence-corrected chi connectivity index (χ3v) is 3.02. The van der Waals surface area contributed by atoms with Crippen LogP contribution in [0, 0.1) is 5.92 Å². The molecule has 0 radical (unpaired) electrons. The van der Waals surface area contributed by atoms with Crippen LogP contribution in [0.25, 0.3) is 0 Å². The van der Waals surface area contributed by atoms with E-state index in [1.54, 1.807) is 0 Å². The number of nitrogens with one attached hydrogen (secondary N) is 1. The first-order chi connectivity index (χ1) is 6.63. The van der Waals surface area contributed by atoms with Gasteiger partial charge >= 0.3 is 0 Å². The van der Waals surface area contributed by atoms with Crippen molar-refractivity contribution in [3.05, 3.63) is 11.6 Å². The van der Waals surface area contributed by atoms with Crippen molar-refractivity contribution in [2.45, 2.75) is 25.6 Å². The number of fused-ring (bicyclic) bond motifs is 1. The van der Waals surface area contributed by atoms with E-state index in [9.17, 15) is 4.39 Å². The quantitative estimate of drug-likeness (QED) is 0.728. The molecule has 1 heterocycles. The van der Waals surface area contributed by atoms with Gasteiger partial charge in [0.05, 0.1) is 19.3 Å². The molecular weight excluding hydrogens is 207 g/mol. The standard InChI is InChI=1S/C9H12ClFN2O/c1-4-12-8-5(9(10)13-4)3-6(14-2)7(8)11/h4-5,8,12H,3H2,1-2H3. The fraction of sp³-hybridized carbons (Fsp3) is 0.667. The summed E-state index contributed by atoms with van der Waals surface area (Å²) in [5.41, 5.74) is 0. The summed E-state index contributed by atoms with van der Waals surface area (Å²) in [5.74, 6) is 0.0511. The first-order valence-corrected chi connectivity index (χ1v) is 4.93. The van der Waals surface area contributed by atoms with Crippen LogP contribution >= 0.6 is 11.6 Å². The average molecular weight is 219 g/mol. The minimum absolute atomic E-state index is 0.0946. The van der Waals surface area contributed by atoms with Gasteiger partial charge in [0.25, 0.3) is 0 Å². The number of allylic oxidation sites excluding steroid dienone is 1. The van der Waals surface area contributed by atoms with Gasteiger partial charge in [-0.15, -0.1) is 0 Å². The molecule has 2 rings (SSSR count). The lowest BCUT2D eigenvalue weighted by Crippen LogP contribution is -2.45. The molecule has 0 saturated carbocycles. The molecule has 0 fully saturated rings. The van der Waals surface area contributed by atoms with Gasteiger partial charge in [-0.05, 0) is 6.92 Å². The van der Waals surface area contributed by atoms with Gasteiger partial charge in [0.2, 0.25) is 0 Å². The van der Waals surface area contributed by atoms with Crippen LogP contribution in [-0.4, -0.2) is 24.5 Å². The Morgan fingerprint density at radius 2 is 2.36 bits per heavy atom. The van der Waals surface area contributed by atoms with Gasteiger partial charge in [-0.25, -0.2) is 4.39 Å². The Morgan fingerprint density at radius 1 is 1.64 bits per heavy atom. The molecule has 1 N–H and O–H groups in total. The Hall–Kier alpha value is -0.610. The predicted molar refractivity (Wildman–Crippen MR) is 52.9 cm³/mol. The van der Waals surface area contributed by atoms with Crippen LogP contribution in [-0.2, 0) is 4.74 Å². The zero-order valence-electron chi connectivity index (χ0n) is 8.05. The van der Waals surface area contributed by atoms with Crippen molar-refractivity contribution < 1.29 is 9.13 Å². The number of rotatable bonds is 1. The molecule has 14 heavy (non-hydrogen) atoms. The van der Waals surface area contributed by atoms with Crippen LogP contribution in [0.15, 0.2) is 16.6 Å². The third-order valence-electron chi connectivity index (χ3n) is 2.64. The molecule has 2 aliphatic rings. The van der Waals surface area contributed by atoms with Crippen molar-refractivity contribution in [1.82, 2.24) is 5.32 Å². The lowest BCUT2D eigenvalue weighted by Gasteiger charge is -2.27. The van der Waals surface area contributed by atoms with Crippen molar-refractivity contribution in [3.63, 3.8) is 0 Å². The summed E-state index contributed by atoms with van der Waals surface area (Å²) < 4.78 is 18.6. The molecule has 0 amide bonds. The smallest absolute Gasteiger partial charge is 0.155 e. The van der Waals surface area contributed by atoms with Crippen LogP contribution in [0.3, 0.4) is 0 Å². The summed E-state index contributed by atoms with van der Waals surface area (Å²) >= 11 is 5.96. The van der Waals surface area contributed by atoms with Crippen LogP contribution in [0.4, 0.5) is 4.39 Å². The maximum atomic E-state index is 13.6. The number of ether oxygens (including phenoxy) is 1. The van der Waals surface area contributed by atoms with Crippen molar-refractivity contribution in [3.8, 4) is 0 Å². The van der Waals surface area contributed by atoms with Crippen molar-refractivity contribution >= 4 is 16.8 Å². The van der Waals surface area contributed by atoms with Gasteiger partial charge in [0.15, 0.2) is 5.83 Å². The summed E-state index contributed by atoms with van der Waals surface area (Å²) in [6.07, 6.45) is 0.361. The average Bonchev–Trinajstić information content (AvgIpc) is 2.44. The van der Waals surface area contributed by atoms with Gasteiger partial charge in [-0.1, -0.05) is 11.6 Å². The molecule has 3 nitrogen and oxygen atoms in total. The molecule has 0 aromatic heterocycles. The molecule has 5 heteroatoms. The minimum atomic E-state index is -0.357. The van der Waals surface area contributed by atoms with E-state index in [1.165, 1.54) is 7.11 Å². The molecular formula is C9H12ClFN2O. The van der Waals surface area contributed by atoms with Gasteiger partial charge in [-0.2, -0.15) is 0 Å². The van der Waals surface area contributed by atoms with Crippen LogP contribution in [0.2, 0.25) is 0 Å². The Kier molecular flexibility index (Phi) is 2.49. The minimum Gasteiger partial charge on any atom is -0.498 e. The summed E-state index contributed by atoms with van der Waals surface area (Å²) in [4.78, 5) is 4.15. The maximum Gasteiger partial charge on any atom is 0.155 e. The second kappa shape index (κ2) is 3.51. The Labute approximate surface area is 87.0 Å². The molecule has 3 atom stereocenters. The zero-order chi connectivity index (χ0) is 10.3. The molecule has 0 bridgehead atoms. The highest BCUT2D eigenvalue weighted by molar-refractivity contribution is 6.66. The molecule has 1 aliphatic heterocycles. The monoisotopic (exact) mass is 218 g/mol.